The highest BCUT2D eigenvalue weighted by Crippen LogP contribution is 2.28. The summed E-state index contributed by atoms with van der Waals surface area (Å²) in [6, 6.07) is 0. The normalized spacial score (nSPS) is 18.1. The molecule has 0 heterocycles. The lowest BCUT2D eigenvalue weighted by Crippen LogP contribution is -2.33. The Balaban J connectivity index is 2.16. The van der Waals surface area contributed by atoms with Gasteiger partial charge in [0.05, 0.1) is 0 Å². The molecule has 2 heteroatoms. The third-order valence-electron chi connectivity index (χ3n) is 1.74. The van der Waals surface area contributed by atoms with Gasteiger partial charge in [-0.2, -0.15) is 0 Å². The quantitative estimate of drug-likeness (QED) is 0.644. The molecule has 1 N–H and O–H groups in total. The Hall–Kier alpha value is -0.530. The van der Waals surface area contributed by atoms with Crippen LogP contribution in [0.15, 0.2) is 0 Å². The molecule has 0 aromatic heterocycles. The molecule has 0 spiro atoms. The van der Waals surface area contributed by atoms with Crippen LogP contribution in [0.2, 0.25) is 0 Å². The maximum Gasteiger partial charge on any atom is 0.223 e. The minimum absolute atomic E-state index is 0.213. The number of carbonyl (C=O) groups is 1. The van der Waals surface area contributed by atoms with Gasteiger partial charge in [-0.1, -0.05) is 20.8 Å². The molecular weight excluding hydrogens is 138 g/mol. The van der Waals surface area contributed by atoms with Gasteiger partial charge in [0.15, 0.2) is 0 Å². The predicted molar refractivity (Wildman–Crippen MR) is 45.2 cm³/mol. The first-order valence-corrected chi connectivity index (χ1v) is 4.27. The van der Waals surface area contributed by atoms with Crippen LogP contribution in [-0.4, -0.2) is 12.5 Å². The lowest BCUT2D eigenvalue weighted by molar-refractivity contribution is -0.122. The molecule has 1 saturated carbocycles. The molecule has 1 amide bonds. The summed E-state index contributed by atoms with van der Waals surface area (Å²) in [6.07, 6.45) is 2.19. The summed E-state index contributed by atoms with van der Waals surface area (Å²) in [6.45, 7) is 7.17. The molecule has 0 atom stereocenters. The fourth-order valence-electron chi connectivity index (χ4n) is 0.842. The highest BCUT2D eigenvalue weighted by molar-refractivity contribution is 5.80. The van der Waals surface area contributed by atoms with Crippen molar-refractivity contribution in [1.29, 1.82) is 0 Å². The maximum absolute atomic E-state index is 11.1. The zero-order valence-corrected chi connectivity index (χ0v) is 7.61. The molecule has 1 rings (SSSR count). The van der Waals surface area contributed by atoms with Crippen molar-refractivity contribution in [2.75, 3.05) is 6.54 Å². The van der Waals surface area contributed by atoms with Gasteiger partial charge in [0, 0.05) is 12.5 Å². The molecule has 0 radical (unpaired) electrons. The van der Waals surface area contributed by atoms with Crippen molar-refractivity contribution in [1.82, 2.24) is 5.32 Å². The summed E-state index contributed by atoms with van der Waals surface area (Å²) in [5.41, 5.74) is 0.213. The fourth-order valence-corrected chi connectivity index (χ4v) is 0.842. The van der Waals surface area contributed by atoms with E-state index in [9.17, 15) is 4.79 Å². The number of amides is 1. The highest BCUT2D eigenvalue weighted by Gasteiger charge is 2.29. The lowest BCUT2D eigenvalue weighted by Gasteiger charge is -2.18. The first-order valence-electron chi connectivity index (χ1n) is 4.27. The minimum atomic E-state index is 0.213. The summed E-state index contributed by atoms with van der Waals surface area (Å²) < 4.78 is 0. The standard InChI is InChI=1S/C9H17NO/c1-9(2,3)6-10-8(11)7-4-5-7/h7H,4-6H2,1-3H3,(H,10,11). The van der Waals surface area contributed by atoms with E-state index >= 15 is 0 Å². The maximum atomic E-state index is 11.1. The second kappa shape index (κ2) is 2.84. The lowest BCUT2D eigenvalue weighted by atomic mass is 9.97. The van der Waals surface area contributed by atoms with Gasteiger partial charge in [-0.15, -0.1) is 0 Å². The van der Waals surface area contributed by atoms with Crippen molar-refractivity contribution in [3.05, 3.63) is 0 Å². The summed E-state index contributed by atoms with van der Waals surface area (Å²) in [5, 5.41) is 2.95. The fraction of sp³-hybridized carbons (Fsp3) is 0.889. The summed E-state index contributed by atoms with van der Waals surface area (Å²) in [4.78, 5) is 11.1. The topological polar surface area (TPSA) is 29.1 Å². The van der Waals surface area contributed by atoms with Crippen molar-refractivity contribution in [2.24, 2.45) is 11.3 Å². The van der Waals surface area contributed by atoms with Crippen LogP contribution < -0.4 is 5.32 Å². The molecular formula is C9H17NO. The van der Waals surface area contributed by atoms with Gasteiger partial charge >= 0.3 is 0 Å². The van der Waals surface area contributed by atoms with Gasteiger partial charge in [-0.05, 0) is 18.3 Å². The van der Waals surface area contributed by atoms with Crippen LogP contribution in [0.4, 0.5) is 0 Å². The third kappa shape index (κ3) is 3.40. The van der Waals surface area contributed by atoms with Crippen LogP contribution in [0.1, 0.15) is 33.6 Å². The molecule has 0 aromatic rings. The zero-order chi connectivity index (χ0) is 8.48. The van der Waals surface area contributed by atoms with Crippen molar-refractivity contribution >= 4 is 5.91 Å². The van der Waals surface area contributed by atoms with E-state index in [1.807, 2.05) is 0 Å². The van der Waals surface area contributed by atoms with Gasteiger partial charge in [0.2, 0.25) is 5.91 Å². The van der Waals surface area contributed by atoms with Crippen LogP contribution in [0, 0.1) is 11.3 Å². The van der Waals surface area contributed by atoms with E-state index < -0.39 is 0 Å². The van der Waals surface area contributed by atoms with Crippen LogP contribution in [0.25, 0.3) is 0 Å². The largest absolute Gasteiger partial charge is 0.355 e. The van der Waals surface area contributed by atoms with Crippen molar-refractivity contribution in [3.8, 4) is 0 Å². The van der Waals surface area contributed by atoms with Gasteiger partial charge in [0.1, 0.15) is 0 Å². The van der Waals surface area contributed by atoms with Gasteiger partial charge in [0.25, 0.3) is 0 Å². The number of carbonyl (C=O) groups excluding carboxylic acids is 1. The van der Waals surface area contributed by atoms with Gasteiger partial charge in [-0.25, -0.2) is 0 Å². The minimum Gasteiger partial charge on any atom is -0.355 e. The Morgan fingerprint density at radius 1 is 1.45 bits per heavy atom. The van der Waals surface area contributed by atoms with E-state index in [4.69, 9.17) is 0 Å². The second-order valence-electron chi connectivity index (χ2n) is 4.55. The number of hydrogen-bond donors (Lipinski definition) is 1. The molecule has 1 aliphatic carbocycles. The second-order valence-corrected chi connectivity index (χ2v) is 4.55. The van der Waals surface area contributed by atoms with Gasteiger partial charge < -0.3 is 5.32 Å². The van der Waals surface area contributed by atoms with Gasteiger partial charge in [-0.3, -0.25) is 4.79 Å². The number of nitrogens with one attached hydrogen (secondary N) is 1. The van der Waals surface area contributed by atoms with Crippen molar-refractivity contribution in [2.45, 2.75) is 33.6 Å². The molecule has 11 heavy (non-hydrogen) atoms. The first kappa shape index (κ1) is 8.57. The Morgan fingerprint density at radius 2 is 2.00 bits per heavy atom. The predicted octanol–water partition coefficient (Wildman–Crippen LogP) is 1.56. The van der Waals surface area contributed by atoms with Crippen molar-refractivity contribution < 1.29 is 4.79 Å². The molecule has 64 valence electrons. The van der Waals surface area contributed by atoms with E-state index in [2.05, 4.69) is 26.1 Å². The molecule has 0 aliphatic heterocycles. The van der Waals surface area contributed by atoms with Crippen LogP contribution in [0.5, 0.6) is 0 Å². The molecule has 0 saturated heterocycles. The van der Waals surface area contributed by atoms with Crippen LogP contribution >= 0.6 is 0 Å². The van der Waals surface area contributed by atoms with Crippen LogP contribution in [-0.2, 0) is 4.79 Å². The van der Waals surface area contributed by atoms with E-state index in [1.54, 1.807) is 0 Å². The molecule has 1 fully saturated rings. The monoisotopic (exact) mass is 155 g/mol. The Bertz CT molecular complexity index is 153. The summed E-state index contributed by atoms with van der Waals surface area (Å²) >= 11 is 0. The number of hydrogen-bond acceptors (Lipinski definition) is 1. The first-order chi connectivity index (χ1) is 4.99. The van der Waals surface area contributed by atoms with E-state index in [0.717, 1.165) is 19.4 Å². The summed E-state index contributed by atoms with van der Waals surface area (Å²) in [7, 11) is 0. The molecule has 0 unspecified atom stereocenters. The number of rotatable bonds is 2. The highest BCUT2D eigenvalue weighted by atomic mass is 16.2. The van der Waals surface area contributed by atoms with E-state index in [-0.39, 0.29) is 11.3 Å². The molecule has 0 bridgehead atoms. The Kier molecular flexibility index (Phi) is 2.21. The molecule has 1 aliphatic rings. The Labute approximate surface area is 68.4 Å². The van der Waals surface area contributed by atoms with Crippen LogP contribution in [0.3, 0.4) is 0 Å². The third-order valence-corrected chi connectivity index (χ3v) is 1.74. The van der Waals surface area contributed by atoms with Crippen molar-refractivity contribution in [3.63, 3.8) is 0 Å². The molecule has 2 nitrogen and oxygen atoms in total. The van der Waals surface area contributed by atoms with E-state index in [1.165, 1.54) is 0 Å². The SMILES string of the molecule is CC(C)(C)CNC(=O)C1CC1. The van der Waals surface area contributed by atoms with E-state index in [0.29, 0.717) is 5.92 Å². The summed E-state index contributed by atoms with van der Waals surface area (Å²) in [5.74, 6) is 0.595. The smallest absolute Gasteiger partial charge is 0.223 e. The zero-order valence-electron chi connectivity index (χ0n) is 7.61. The Morgan fingerprint density at radius 3 is 2.36 bits per heavy atom. The average Bonchev–Trinajstić information content (AvgIpc) is 2.61. The average molecular weight is 155 g/mol. The molecule has 0 aromatic carbocycles.